The molecule has 26 heavy (non-hydrogen) atoms. The Morgan fingerprint density at radius 3 is 2.81 bits per heavy atom. The molecule has 3 heterocycles. The van der Waals surface area contributed by atoms with Crippen molar-refractivity contribution in [2.24, 2.45) is 12.0 Å². The summed E-state index contributed by atoms with van der Waals surface area (Å²) in [7, 11) is 1.83. The van der Waals surface area contributed by atoms with Gasteiger partial charge in [-0.2, -0.15) is 0 Å². The maximum absolute atomic E-state index is 10.5. The number of thiophene rings is 1. The van der Waals surface area contributed by atoms with Gasteiger partial charge in [0.25, 0.3) is 0 Å². The standard InChI is InChI=1S/C20H19N3OS2/c1-3-9-21-18-12-17-16(26-18)11-14(25-17)10-15-20(24)23(2)19(22-15)13-7-5-4-6-8-13/h4-8,10-12,24H,3,9H2,1-2H3. The molecule has 6 heteroatoms. The molecule has 132 valence electrons. The van der Waals surface area contributed by atoms with E-state index in [1.807, 2.05) is 43.5 Å². The maximum Gasteiger partial charge on any atom is 0.219 e. The number of aliphatic imine (C=N–C) groups is 1. The van der Waals surface area contributed by atoms with Crippen molar-refractivity contribution in [2.75, 3.05) is 6.54 Å². The molecule has 0 aliphatic carbocycles. The van der Waals surface area contributed by atoms with Crippen molar-refractivity contribution in [1.29, 1.82) is 0 Å². The zero-order valence-corrected chi connectivity index (χ0v) is 16.3. The van der Waals surface area contributed by atoms with E-state index in [1.165, 1.54) is 9.43 Å². The van der Waals surface area contributed by atoms with Gasteiger partial charge in [-0.05, 0) is 24.6 Å². The monoisotopic (exact) mass is 381 g/mol. The minimum absolute atomic E-state index is 0.180. The number of fused-ring (bicyclic) bond motifs is 1. The van der Waals surface area contributed by atoms with Crippen molar-refractivity contribution in [2.45, 2.75) is 18.2 Å². The smallest absolute Gasteiger partial charge is 0.219 e. The lowest BCUT2D eigenvalue weighted by molar-refractivity contribution is 0.432. The van der Waals surface area contributed by atoms with Crippen molar-refractivity contribution in [3.8, 4) is 17.3 Å². The van der Waals surface area contributed by atoms with Crippen LogP contribution < -0.4 is 9.06 Å². The molecule has 0 saturated heterocycles. The third-order valence-corrected chi connectivity index (χ3v) is 6.28. The van der Waals surface area contributed by atoms with E-state index in [-0.39, 0.29) is 5.88 Å². The number of aromatic hydroxyl groups is 1. The summed E-state index contributed by atoms with van der Waals surface area (Å²) in [6, 6.07) is 12.0. The van der Waals surface area contributed by atoms with Gasteiger partial charge in [-0.3, -0.25) is 9.56 Å². The molecule has 1 N–H and O–H groups in total. The summed E-state index contributed by atoms with van der Waals surface area (Å²) >= 11 is 3.41. The molecule has 0 unspecified atom stereocenters. The molecule has 2 aromatic heterocycles. The molecule has 0 radical (unpaired) electrons. The summed E-state index contributed by atoms with van der Waals surface area (Å²) in [6.45, 7) is 3.01. The van der Waals surface area contributed by atoms with Crippen LogP contribution >= 0.6 is 23.1 Å². The molecular formula is C20H19N3OS2. The average Bonchev–Trinajstić information content (AvgIpc) is 3.28. The summed E-state index contributed by atoms with van der Waals surface area (Å²) in [5.41, 5.74) is 1.58. The lowest BCUT2D eigenvalue weighted by atomic mass is 10.2. The summed E-state index contributed by atoms with van der Waals surface area (Å²) in [4.78, 5) is 10.4. The lowest BCUT2D eigenvalue weighted by Gasteiger charge is -2.01. The summed E-state index contributed by atoms with van der Waals surface area (Å²) in [5.74, 6) is 0.938. The Morgan fingerprint density at radius 1 is 1.27 bits per heavy atom. The van der Waals surface area contributed by atoms with E-state index in [4.69, 9.17) is 0 Å². The van der Waals surface area contributed by atoms with Gasteiger partial charge < -0.3 is 5.11 Å². The van der Waals surface area contributed by atoms with Crippen LogP contribution in [0.3, 0.4) is 0 Å². The summed E-state index contributed by atoms with van der Waals surface area (Å²) < 4.78 is 4.04. The van der Waals surface area contributed by atoms with E-state index in [0.717, 1.165) is 33.9 Å². The Hall–Kier alpha value is -2.31. The van der Waals surface area contributed by atoms with Crippen LogP contribution in [0.25, 0.3) is 23.5 Å². The van der Waals surface area contributed by atoms with Gasteiger partial charge in [-0.1, -0.05) is 49.0 Å². The second-order valence-electron chi connectivity index (χ2n) is 6.06. The molecule has 0 bridgehead atoms. The molecule has 1 aromatic carbocycles. The molecule has 4 rings (SSSR count). The predicted molar refractivity (Wildman–Crippen MR) is 110 cm³/mol. The van der Waals surface area contributed by atoms with Crippen molar-refractivity contribution < 1.29 is 5.11 Å². The minimum atomic E-state index is 0.180. The van der Waals surface area contributed by atoms with Crippen LogP contribution in [0.1, 0.15) is 19.0 Å². The van der Waals surface area contributed by atoms with Gasteiger partial charge in [0.1, 0.15) is 11.5 Å². The highest BCUT2D eigenvalue weighted by Crippen LogP contribution is 2.26. The molecule has 1 aliphatic rings. The van der Waals surface area contributed by atoms with Crippen LogP contribution in [0.15, 0.2) is 46.3 Å². The second-order valence-corrected chi connectivity index (χ2v) is 8.23. The molecule has 0 atom stereocenters. The first-order valence-electron chi connectivity index (χ1n) is 8.52. The first kappa shape index (κ1) is 17.1. The molecule has 4 nitrogen and oxygen atoms in total. The van der Waals surface area contributed by atoms with Gasteiger partial charge >= 0.3 is 0 Å². The van der Waals surface area contributed by atoms with Gasteiger partial charge in [-0.15, -0.1) is 11.3 Å². The maximum atomic E-state index is 10.5. The molecule has 0 fully saturated rings. The van der Waals surface area contributed by atoms with Crippen LogP contribution in [0, 0.1) is 0 Å². The third kappa shape index (κ3) is 3.22. The number of rotatable bonds is 4. The fourth-order valence-electron chi connectivity index (χ4n) is 2.80. The van der Waals surface area contributed by atoms with Gasteiger partial charge in [0.05, 0.1) is 5.04 Å². The quantitative estimate of drug-likeness (QED) is 0.754. The van der Waals surface area contributed by atoms with Crippen LogP contribution in [0.5, 0.6) is 5.88 Å². The van der Waals surface area contributed by atoms with Crippen LogP contribution in [-0.4, -0.2) is 26.2 Å². The SMILES string of the molecule is CCCN=C1C=c2sc(=Cc3nc(-c4ccccc4)n(C)c3O)cc2S1. The van der Waals surface area contributed by atoms with Crippen LogP contribution in [-0.2, 0) is 7.05 Å². The Balaban J connectivity index is 1.71. The van der Waals surface area contributed by atoms with Crippen molar-refractivity contribution in [3.63, 3.8) is 0 Å². The summed E-state index contributed by atoms with van der Waals surface area (Å²) in [6.07, 6.45) is 5.15. The Kier molecular flexibility index (Phi) is 4.70. The van der Waals surface area contributed by atoms with Crippen molar-refractivity contribution in [3.05, 3.63) is 51.2 Å². The number of imidazole rings is 1. The zero-order valence-electron chi connectivity index (χ0n) is 14.6. The topological polar surface area (TPSA) is 50.4 Å². The fourth-order valence-corrected chi connectivity index (χ4v) is 5.03. The van der Waals surface area contributed by atoms with Crippen LogP contribution in [0.4, 0.5) is 0 Å². The number of aromatic nitrogens is 2. The average molecular weight is 382 g/mol. The molecule has 3 aromatic rings. The number of hydrogen-bond donors (Lipinski definition) is 1. The predicted octanol–water partition coefficient (Wildman–Crippen LogP) is 3.38. The fraction of sp³-hybridized carbons (Fsp3) is 0.200. The van der Waals surface area contributed by atoms with E-state index in [0.29, 0.717) is 5.69 Å². The van der Waals surface area contributed by atoms with Gasteiger partial charge in [0.2, 0.25) is 5.88 Å². The highest BCUT2D eigenvalue weighted by molar-refractivity contribution is 8.15. The molecule has 0 spiro atoms. The third-order valence-electron chi connectivity index (χ3n) is 4.11. The normalized spacial score (nSPS) is 15.5. The van der Waals surface area contributed by atoms with Gasteiger partial charge in [-0.25, -0.2) is 4.98 Å². The zero-order chi connectivity index (χ0) is 18.1. The number of nitrogens with zero attached hydrogens (tertiary/aromatic N) is 3. The van der Waals surface area contributed by atoms with E-state index in [1.54, 1.807) is 27.7 Å². The van der Waals surface area contributed by atoms with Crippen molar-refractivity contribution >= 4 is 40.3 Å². The van der Waals surface area contributed by atoms with Crippen LogP contribution in [0.2, 0.25) is 0 Å². The lowest BCUT2D eigenvalue weighted by Crippen LogP contribution is -1.94. The molecule has 0 amide bonds. The van der Waals surface area contributed by atoms with E-state index < -0.39 is 0 Å². The first-order valence-corrected chi connectivity index (χ1v) is 10.2. The second kappa shape index (κ2) is 7.13. The van der Waals surface area contributed by atoms with Crippen molar-refractivity contribution in [1.82, 2.24) is 9.55 Å². The van der Waals surface area contributed by atoms with E-state index >= 15 is 0 Å². The summed E-state index contributed by atoms with van der Waals surface area (Å²) in [5, 5.41) is 11.6. The van der Waals surface area contributed by atoms with E-state index in [2.05, 4.69) is 29.0 Å². The number of thioether (sulfide) groups is 1. The molecule has 1 aliphatic heterocycles. The van der Waals surface area contributed by atoms with E-state index in [9.17, 15) is 5.11 Å². The minimum Gasteiger partial charge on any atom is -0.493 e. The number of hydrogen-bond acceptors (Lipinski definition) is 5. The highest BCUT2D eigenvalue weighted by Gasteiger charge is 2.15. The highest BCUT2D eigenvalue weighted by atomic mass is 32.2. The Labute approximate surface area is 160 Å². The molecular weight excluding hydrogens is 362 g/mol. The Bertz CT molecular complexity index is 1090. The van der Waals surface area contributed by atoms with Gasteiger partial charge in [0.15, 0.2) is 0 Å². The first-order chi connectivity index (χ1) is 12.7. The Morgan fingerprint density at radius 2 is 2.08 bits per heavy atom. The molecule has 0 saturated carbocycles. The van der Waals surface area contributed by atoms with Gasteiger partial charge in [0, 0.05) is 33.1 Å². The number of benzene rings is 1. The largest absolute Gasteiger partial charge is 0.493 e.